The maximum absolute atomic E-state index is 12.9. The number of thioether (sulfide) groups is 1. The van der Waals surface area contributed by atoms with Crippen LogP contribution in [-0.4, -0.2) is 21.9 Å². The van der Waals surface area contributed by atoms with E-state index in [1.165, 1.54) is 51.3 Å². The molecule has 0 saturated heterocycles. The number of amides is 1. The van der Waals surface area contributed by atoms with Crippen molar-refractivity contribution in [3.05, 3.63) is 83.1 Å². The third-order valence-electron chi connectivity index (χ3n) is 4.10. The van der Waals surface area contributed by atoms with E-state index < -0.39 is 0 Å². The topological polar surface area (TPSA) is 54.9 Å². The summed E-state index contributed by atoms with van der Waals surface area (Å²) in [5.74, 6) is 0.172. The van der Waals surface area contributed by atoms with E-state index in [1.807, 2.05) is 12.1 Å². The first-order valence-corrected chi connectivity index (χ1v) is 10.5. The van der Waals surface area contributed by atoms with Crippen LogP contribution in [0.1, 0.15) is 15.4 Å². The summed E-state index contributed by atoms with van der Waals surface area (Å²) in [5, 5.41) is 14.6. The Balaban J connectivity index is 1.31. The third kappa shape index (κ3) is 4.55. The number of anilines is 1. The van der Waals surface area contributed by atoms with Gasteiger partial charge in [0.25, 0.3) is 5.91 Å². The van der Waals surface area contributed by atoms with Crippen molar-refractivity contribution in [1.82, 2.24) is 10.2 Å². The highest BCUT2D eigenvalue weighted by Gasteiger charge is 2.10. The molecule has 0 radical (unpaired) electrons. The van der Waals surface area contributed by atoms with Crippen LogP contribution in [0.3, 0.4) is 0 Å². The van der Waals surface area contributed by atoms with Gasteiger partial charge in [-0.1, -0.05) is 41.7 Å². The molecule has 0 aliphatic carbocycles. The molecule has 3 aromatic carbocycles. The van der Waals surface area contributed by atoms with Crippen molar-refractivity contribution in [2.24, 2.45) is 0 Å². The molecule has 7 heteroatoms. The smallest absolute Gasteiger partial charge is 0.257 e. The van der Waals surface area contributed by atoms with Crippen molar-refractivity contribution in [3.8, 4) is 0 Å². The summed E-state index contributed by atoms with van der Waals surface area (Å²) in [6.07, 6.45) is 0.765. The van der Waals surface area contributed by atoms with Gasteiger partial charge in [-0.3, -0.25) is 10.1 Å². The van der Waals surface area contributed by atoms with Gasteiger partial charge in [0, 0.05) is 22.6 Å². The molecule has 0 unspecified atom stereocenters. The predicted octanol–water partition coefficient (Wildman–Crippen LogP) is 5.42. The monoisotopic (exact) mass is 409 g/mol. The van der Waals surface area contributed by atoms with Gasteiger partial charge in [0.1, 0.15) is 10.8 Å². The molecule has 1 amide bonds. The van der Waals surface area contributed by atoms with Crippen LogP contribution in [0.2, 0.25) is 0 Å². The minimum atomic E-state index is -0.376. The first kappa shape index (κ1) is 18.6. The van der Waals surface area contributed by atoms with E-state index in [0.29, 0.717) is 10.7 Å². The molecule has 0 fully saturated rings. The molecule has 140 valence electrons. The van der Waals surface area contributed by atoms with E-state index in [9.17, 15) is 9.18 Å². The van der Waals surface area contributed by atoms with Gasteiger partial charge in [-0.2, -0.15) is 0 Å². The van der Waals surface area contributed by atoms with Crippen LogP contribution in [0.15, 0.2) is 71.6 Å². The summed E-state index contributed by atoms with van der Waals surface area (Å²) in [4.78, 5) is 13.4. The summed E-state index contributed by atoms with van der Waals surface area (Å²) in [5.41, 5.74) is 0.380. The van der Waals surface area contributed by atoms with Crippen molar-refractivity contribution >= 4 is 44.9 Å². The van der Waals surface area contributed by atoms with Crippen molar-refractivity contribution in [1.29, 1.82) is 0 Å². The van der Waals surface area contributed by atoms with E-state index in [-0.39, 0.29) is 11.7 Å². The lowest BCUT2D eigenvalue weighted by Crippen LogP contribution is -2.11. The number of nitrogens with zero attached hydrogens (tertiary/aromatic N) is 2. The Morgan fingerprint density at radius 3 is 2.61 bits per heavy atom. The SMILES string of the molecule is O=C(Nc1nnc(CCSc2ccc3ccccc3c2)s1)c1ccc(F)cc1. The zero-order valence-electron chi connectivity index (χ0n) is 14.8. The highest BCUT2D eigenvalue weighted by Crippen LogP contribution is 2.25. The maximum atomic E-state index is 12.9. The second-order valence-electron chi connectivity index (χ2n) is 6.07. The molecule has 4 rings (SSSR count). The van der Waals surface area contributed by atoms with Gasteiger partial charge < -0.3 is 0 Å². The van der Waals surface area contributed by atoms with Gasteiger partial charge >= 0.3 is 0 Å². The van der Waals surface area contributed by atoms with Crippen LogP contribution >= 0.6 is 23.1 Å². The van der Waals surface area contributed by atoms with Crippen LogP contribution in [-0.2, 0) is 6.42 Å². The Labute approximate surface area is 169 Å². The lowest BCUT2D eigenvalue weighted by atomic mass is 10.1. The lowest BCUT2D eigenvalue weighted by Gasteiger charge is -2.03. The molecule has 0 aliphatic heterocycles. The molecule has 0 saturated carbocycles. The van der Waals surface area contributed by atoms with Gasteiger partial charge in [-0.05, 0) is 47.2 Å². The minimum absolute atomic E-state index is 0.326. The standard InChI is InChI=1S/C21H16FN3OS2/c22-17-8-5-15(6-9-17)20(26)23-21-25-24-19(28-21)11-12-27-18-10-7-14-3-1-2-4-16(14)13-18/h1-10,13H,11-12H2,(H,23,25,26). The second-order valence-corrected chi connectivity index (χ2v) is 8.30. The van der Waals surface area contributed by atoms with Crippen LogP contribution < -0.4 is 5.32 Å². The number of hydrogen-bond donors (Lipinski definition) is 1. The average molecular weight is 410 g/mol. The number of carbonyl (C=O) groups is 1. The number of aryl methyl sites for hydroxylation is 1. The molecule has 0 aliphatic rings. The second kappa shape index (κ2) is 8.50. The van der Waals surface area contributed by atoms with Crippen LogP contribution in [0.25, 0.3) is 10.8 Å². The molecule has 0 bridgehead atoms. The van der Waals surface area contributed by atoms with Gasteiger partial charge in [-0.15, -0.1) is 22.0 Å². The summed E-state index contributed by atoms with van der Waals surface area (Å²) in [7, 11) is 0. The Kier molecular flexibility index (Phi) is 5.64. The molecule has 1 aromatic heterocycles. The van der Waals surface area contributed by atoms with Crippen molar-refractivity contribution < 1.29 is 9.18 Å². The fourth-order valence-electron chi connectivity index (χ4n) is 2.69. The highest BCUT2D eigenvalue weighted by atomic mass is 32.2. The number of hydrogen-bond acceptors (Lipinski definition) is 5. The minimum Gasteiger partial charge on any atom is -0.296 e. The van der Waals surface area contributed by atoms with E-state index >= 15 is 0 Å². The van der Waals surface area contributed by atoms with Gasteiger partial charge in [-0.25, -0.2) is 4.39 Å². The van der Waals surface area contributed by atoms with E-state index in [2.05, 4.69) is 45.8 Å². The fourth-order valence-corrected chi connectivity index (χ4v) is 4.46. The molecule has 0 atom stereocenters. The fraction of sp³-hybridized carbons (Fsp3) is 0.0952. The van der Waals surface area contributed by atoms with Crippen molar-refractivity contribution in [2.75, 3.05) is 11.1 Å². The molecule has 1 N–H and O–H groups in total. The summed E-state index contributed by atoms with van der Waals surface area (Å²) in [6.45, 7) is 0. The van der Waals surface area contributed by atoms with E-state index in [0.717, 1.165) is 17.2 Å². The Morgan fingerprint density at radius 2 is 1.79 bits per heavy atom. The van der Waals surface area contributed by atoms with Gasteiger partial charge in [0.15, 0.2) is 0 Å². The number of nitrogens with one attached hydrogen (secondary N) is 1. The van der Waals surface area contributed by atoms with Crippen LogP contribution in [0.5, 0.6) is 0 Å². The van der Waals surface area contributed by atoms with Crippen molar-refractivity contribution in [3.63, 3.8) is 0 Å². The zero-order valence-corrected chi connectivity index (χ0v) is 16.4. The quantitative estimate of drug-likeness (QED) is 0.432. The number of rotatable bonds is 6. The average Bonchev–Trinajstić information content (AvgIpc) is 3.15. The van der Waals surface area contributed by atoms with E-state index in [4.69, 9.17) is 0 Å². The van der Waals surface area contributed by atoms with Gasteiger partial charge in [0.05, 0.1) is 0 Å². The zero-order chi connectivity index (χ0) is 19.3. The maximum Gasteiger partial charge on any atom is 0.257 e. The van der Waals surface area contributed by atoms with Crippen LogP contribution in [0, 0.1) is 5.82 Å². The first-order chi connectivity index (χ1) is 13.7. The summed E-state index contributed by atoms with van der Waals surface area (Å²) in [6, 6.07) is 20.1. The Morgan fingerprint density at radius 1 is 1.00 bits per heavy atom. The largest absolute Gasteiger partial charge is 0.296 e. The summed E-state index contributed by atoms with van der Waals surface area (Å²) >= 11 is 3.12. The van der Waals surface area contributed by atoms with E-state index in [1.54, 1.807) is 11.8 Å². The number of aromatic nitrogens is 2. The molecule has 28 heavy (non-hydrogen) atoms. The number of fused-ring (bicyclic) bond motifs is 1. The molecule has 1 heterocycles. The Hall–Kier alpha value is -2.77. The van der Waals surface area contributed by atoms with Crippen molar-refractivity contribution in [2.45, 2.75) is 11.3 Å². The lowest BCUT2D eigenvalue weighted by molar-refractivity contribution is 0.102. The normalized spacial score (nSPS) is 10.9. The molecule has 4 aromatic rings. The molecule has 4 nitrogen and oxygen atoms in total. The summed E-state index contributed by atoms with van der Waals surface area (Å²) < 4.78 is 12.9. The first-order valence-electron chi connectivity index (χ1n) is 8.68. The Bertz CT molecular complexity index is 1110. The number of halogens is 1. The van der Waals surface area contributed by atoms with Crippen LogP contribution in [0.4, 0.5) is 9.52 Å². The highest BCUT2D eigenvalue weighted by molar-refractivity contribution is 7.99. The predicted molar refractivity (Wildman–Crippen MR) is 113 cm³/mol. The molecule has 0 spiro atoms. The van der Waals surface area contributed by atoms with Gasteiger partial charge in [0.2, 0.25) is 5.13 Å². The number of carbonyl (C=O) groups excluding carboxylic acids is 1. The third-order valence-corrected chi connectivity index (χ3v) is 5.99. The number of benzene rings is 3. The molecular weight excluding hydrogens is 393 g/mol. The molecular formula is C21H16FN3OS2.